The zero-order valence-corrected chi connectivity index (χ0v) is 15.4. The highest BCUT2D eigenvalue weighted by molar-refractivity contribution is 6.49. The van der Waals surface area contributed by atoms with Gasteiger partial charge in [-0.1, -0.05) is 48.0 Å². The van der Waals surface area contributed by atoms with Crippen LogP contribution in [0.2, 0.25) is 0 Å². The van der Waals surface area contributed by atoms with Crippen molar-refractivity contribution in [1.82, 2.24) is 0 Å². The first kappa shape index (κ1) is 19.0. The molecule has 0 aliphatic carbocycles. The summed E-state index contributed by atoms with van der Waals surface area (Å²) in [4.78, 5) is 4.39. The summed E-state index contributed by atoms with van der Waals surface area (Å²) in [5.41, 5.74) is 1.84. The number of halogens is 2. The number of hydrogen-bond donors (Lipinski definition) is 0. The maximum atomic E-state index is 6.39. The summed E-state index contributed by atoms with van der Waals surface area (Å²) in [7, 11) is 0. The molecule has 0 radical (unpaired) electrons. The van der Waals surface area contributed by atoms with Crippen molar-refractivity contribution in [3.05, 3.63) is 78.4 Å². The van der Waals surface area contributed by atoms with Crippen LogP contribution in [0.5, 0.6) is 5.75 Å². The second-order valence-corrected chi connectivity index (χ2v) is 5.69. The van der Waals surface area contributed by atoms with Gasteiger partial charge in [0.2, 0.25) is 0 Å². The maximum Gasteiger partial charge on any atom is 0.119 e. The Bertz CT molecular complexity index is 886. The fourth-order valence-electron chi connectivity index (χ4n) is 2.42. The van der Waals surface area contributed by atoms with Gasteiger partial charge in [0, 0.05) is 11.2 Å². The van der Waals surface area contributed by atoms with Crippen molar-refractivity contribution in [2.45, 2.75) is 6.92 Å². The quantitative estimate of drug-likeness (QED) is 0.460. The molecular weight excluding hydrogens is 353 g/mol. The zero-order chi connectivity index (χ0) is 16.8. The number of allylic oxidation sites excluding steroid dienone is 1. The minimum Gasteiger partial charge on any atom is -0.494 e. The van der Waals surface area contributed by atoms with E-state index in [4.69, 9.17) is 16.3 Å². The van der Waals surface area contributed by atoms with E-state index < -0.39 is 0 Å². The molecule has 0 N–H and O–H groups in total. The fraction of sp³-hybridized carbons (Fsp3) is 0.0952. The Morgan fingerprint density at radius 2 is 1.72 bits per heavy atom. The van der Waals surface area contributed by atoms with Gasteiger partial charge in [0.1, 0.15) is 5.75 Å². The van der Waals surface area contributed by atoms with Crippen molar-refractivity contribution in [2.24, 2.45) is 4.99 Å². The molecular formula is C21H19Cl2NO. The molecule has 0 saturated heterocycles. The first-order valence-electron chi connectivity index (χ1n) is 7.88. The van der Waals surface area contributed by atoms with Crippen LogP contribution in [-0.2, 0) is 0 Å². The second kappa shape index (κ2) is 9.26. The summed E-state index contributed by atoms with van der Waals surface area (Å²) >= 11 is 6.39. The van der Waals surface area contributed by atoms with Gasteiger partial charge in [-0.25, -0.2) is 0 Å². The normalized spacial score (nSPS) is 11.5. The van der Waals surface area contributed by atoms with Crippen molar-refractivity contribution in [1.29, 1.82) is 0 Å². The Balaban J connectivity index is 0.00000225. The van der Waals surface area contributed by atoms with Crippen molar-refractivity contribution in [3.63, 3.8) is 0 Å². The lowest BCUT2D eigenvalue weighted by Crippen LogP contribution is -1.89. The standard InChI is InChI=1S/C21H18ClNO.ClH/c1-2-24-20-11-9-19(10-12-20)23-14-13-21(22)18-8-7-16-5-3-4-6-17(16)15-18;/h3-15H,2H2,1H3;1H/b21-13-,23-14?;. The number of rotatable bonds is 5. The third-order valence-corrected chi connectivity index (χ3v) is 3.96. The molecule has 0 saturated carbocycles. The van der Waals surface area contributed by atoms with E-state index in [1.165, 1.54) is 10.8 Å². The van der Waals surface area contributed by atoms with Crippen molar-refractivity contribution in [3.8, 4) is 5.75 Å². The van der Waals surface area contributed by atoms with Crippen LogP contribution >= 0.6 is 24.0 Å². The van der Waals surface area contributed by atoms with Gasteiger partial charge in [0.15, 0.2) is 0 Å². The van der Waals surface area contributed by atoms with Crippen molar-refractivity contribution in [2.75, 3.05) is 6.61 Å². The topological polar surface area (TPSA) is 21.6 Å². The fourth-order valence-corrected chi connectivity index (χ4v) is 2.59. The van der Waals surface area contributed by atoms with Gasteiger partial charge in [0.25, 0.3) is 0 Å². The average Bonchev–Trinajstić information content (AvgIpc) is 2.63. The predicted octanol–water partition coefficient (Wildman–Crippen LogP) is 6.64. The van der Waals surface area contributed by atoms with Gasteiger partial charge in [-0.15, -0.1) is 12.4 Å². The Morgan fingerprint density at radius 1 is 1.00 bits per heavy atom. The summed E-state index contributed by atoms with van der Waals surface area (Å²) in [6.07, 6.45) is 3.52. The largest absolute Gasteiger partial charge is 0.494 e. The second-order valence-electron chi connectivity index (χ2n) is 5.28. The lowest BCUT2D eigenvalue weighted by molar-refractivity contribution is 0.340. The number of aliphatic imine (C=N–C) groups is 1. The van der Waals surface area contributed by atoms with E-state index in [0.29, 0.717) is 11.6 Å². The van der Waals surface area contributed by atoms with Gasteiger partial charge in [-0.3, -0.25) is 4.99 Å². The Labute approximate surface area is 159 Å². The summed E-state index contributed by atoms with van der Waals surface area (Å²) in [6.45, 7) is 2.62. The molecule has 0 aliphatic rings. The highest BCUT2D eigenvalue weighted by Gasteiger charge is 1.99. The van der Waals surface area contributed by atoms with E-state index >= 15 is 0 Å². The molecule has 0 amide bonds. The molecule has 0 aromatic heterocycles. The Hall–Kier alpha value is -2.29. The Morgan fingerprint density at radius 3 is 2.44 bits per heavy atom. The van der Waals surface area contributed by atoms with Gasteiger partial charge in [-0.05, 0) is 59.7 Å². The SMILES string of the molecule is CCOc1ccc(N=C/C=C(\Cl)c2ccc3ccccc3c2)cc1.Cl. The number of fused-ring (bicyclic) bond motifs is 1. The summed E-state index contributed by atoms with van der Waals surface area (Å²) < 4.78 is 5.41. The number of benzene rings is 3. The molecule has 0 atom stereocenters. The van der Waals surface area contributed by atoms with Gasteiger partial charge in [0.05, 0.1) is 12.3 Å². The molecule has 0 aliphatic heterocycles. The van der Waals surface area contributed by atoms with Gasteiger partial charge < -0.3 is 4.74 Å². The lowest BCUT2D eigenvalue weighted by atomic mass is 10.1. The number of hydrogen-bond acceptors (Lipinski definition) is 2. The van der Waals surface area contributed by atoms with Crippen LogP contribution in [0.25, 0.3) is 15.8 Å². The summed E-state index contributed by atoms with van der Waals surface area (Å²) in [6, 6.07) is 22.0. The van der Waals surface area contributed by atoms with Crippen LogP contribution in [0, 0.1) is 0 Å². The molecule has 2 nitrogen and oxygen atoms in total. The molecule has 25 heavy (non-hydrogen) atoms. The van der Waals surface area contributed by atoms with Crippen LogP contribution < -0.4 is 4.74 Å². The molecule has 0 unspecified atom stereocenters. The molecule has 0 spiro atoms. The van der Waals surface area contributed by atoms with E-state index in [1.807, 2.05) is 55.5 Å². The summed E-state index contributed by atoms with van der Waals surface area (Å²) in [5, 5.41) is 3.04. The minimum atomic E-state index is 0. The van der Waals surface area contributed by atoms with Crippen molar-refractivity contribution >= 4 is 51.7 Å². The van der Waals surface area contributed by atoms with Crippen LogP contribution in [0.3, 0.4) is 0 Å². The predicted molar refractivity (Wildman–Crippen MR) is 111 cm³/mol. The van der Waals surface area contributed by atoms with E-state index in [-0.39, 0.29) is 12.4 Å². The van der Waals surface area contributed by atoms with E-state index in [1.54, 1.807) is 6.21 Å². The molecule has 3 aromatic rings. The van der Waals surface area contributed by atoms with Gasteiger partial charge in [-0.2, -0.15) is 0 Å². The monoisotopic (exact) mass is 371 g/mol. The molecule has 0 bridgehead atoms. The average molecular weight is 372 g/mol. The third kappa shape index (κ3) is 5.09. The van der Waals surface area contributed by atoms with E-state index in [9.17, 15) is 0 Å². The first-order chi connectivity index (χ1) is 11.8. The first-order valence-corrected chi connectivity index (χ1v) is 8.26. The lowest BCUT2D eigenvalue weighted by Gasteiger charge is -2.02. The third-order valence-electron chi connectivity index (χ3n) is 3.62. The van der Waals surface area contributed by atoms with Crippen LogP contribution in [-0.4, -0.2) is 12.8 Å². The zero-order valence-electron chi connectivity index (χ0n) is 13.9. The number of nitrogens with zero attached hydrogens (tertiary/aromatic N) is 1. The van der Waals surface area contributed by atoms with E-state index in [0.717, 1.165) is 17.0 Å². The minimum absolute atomic E-state index is 0. The molecule has 4 heteroatoms. The van der Waals surface area contributed by atoms with Crippen LogP contribution in [0.1, 0.15) is 12.5 Å². The molecule has 128 valence electrons. The smallest absolute Gasteiger partial charge is 0.119 e. The molecule has 0 heterocycles. The number of ether oxygens (including phenoxy) is 1. The van der Waals surface area contributed by atoms with Crippen LogP contribution in [0.4, 0.5) is 5.69 Å². The molecule has 3 aromatic carbocycles. The molecule has 0 fully saturated rings. The van der Waals surface area contributed by atoms with Crippen molar-refractivity contribution < 1.29 is 4.74 Å². The van der Waals surface area contributed by atoms with Crippen LogP contribution in [0.15, 0.2) is 77.8 Å². The highest BCUT2D eigenvalue weighted by atomic mass is 35.5. The maximum absolute atomic E-state index is 6.39. The summed E-state index contributed by atoms with van der Waals surface area (Å²) in [5.74, 6) is 0.848. The highest BCUT2D eigenvalue weighted by Crippen LogP contribution is 2.24. The Kier molecular flexibility index (Phi) is 7.05. The van der Waals surface area contributed by atoms with E-state index in [2.05, 4.69) is 29.3 Å². The van der Waals surface area contributed by atoms with Gasteiger partial charge >= 0.3 is 0 Å². The molecule has 3 rings (SSSR count).